The quantitative estimate of drug-likeness (QED) is 0.480. The number of esters is 1. The van der Waals surface area contributed by atoms with E-state index >= 15 is 0 Å². The van der Waals surface area contributed by atoms with Crippen molar-refractivity contribution in [2.24, 2.45) is 0 Å². The standard InChI is InChI=1S/C30H35NO6/c1-7-17(2)37-30(33)27-18(3)31-22-14-20(19-12-13-25(35-5)26(16-19)36-6)15-23(32)29(22)28(27)21-10-8-9-11-24(21)34-4/h8-13,16-17,20,28,31H,7,14-15H2,1-6H3/t17-,20+,28+/m0/s1. The van der Waals surface area contributed by atoms with Crippen LogP contribution in [0.3, 0.4) is 0 Å². The van der Waals surface area contributed by atoms with E-state index in [0.717, 1.165) is 16.8 Å². The van der Waals surface area contributed by atoms with Gasteiger partial charge in [0.15, 0.2) is 17.3 Å². The molecule has 1 heterocycles. The number of benzene rings is 2. The van der Waals surface area contributed by atoms with Crippen molar-refractivity contribution in [2.75, 3.05) is 21.3 Å². The number of hydrogen-bond donors (Lipinski definition) is 1. The molecule has 0 amide bonds. The number of rotatable bonds is 8. The van der Waals surface area contributed by atoms with E-state index in [-0.39, 0.29) is 17.8 Å². The predicted molar refractivity (Wildman–Crippen MR) is 141 cm³/mol. The number of para-hydroxylation sites is 1. The molecule has 1 aliphatic heterocycles. The Hall–Kier alpha value is -3.74. The highest BCUT2D eigenvalue weighted by Gasteiger charge is 2.42. The van der Waals surface area contributed by atoms with Gasteiger partial charge in [0.1, 0.15) is 5.75 Å². The molecule has 4 rings (SSSR count). The molecule has 0 bridgehead atoms. The number of nitrogens with one attached hydrogen (secondary N) is 1. The first-order chi connectivity index (χ1) is 17.8. The highest BCUT2D eigenvalue weighted by Crippen LogP contribution is 2.48. The van der Waals surface area contributed by atoms with E-state index in [4.69, 9.17) is 18.9 Å². The fourth-order valence-electron chi connectivity index (χ4n) is 5.20. The summed E-state index contributed by atoms with van der Waals surface area (Å²) in [5, 5.41) is 3.40. The van der Waals surface area contributed by atoms with E-state index in [1.807, 2.05) is 63.2 Å². The molecule has 37 heavy (non-hydrogen) atoms. The van der Waals surface area contributed by atoms with Crippen LogP contribution >= 0.6 is 0 Å². The van der Waals surface area contributed by atoms with Gasteiger partial charge in [-0.3, -0.25) is 4.79 Å². The molecule has 7 heteroatoms. The van der Waals surface area contributed by atoms with Crippen LogP contribution < -0.4 is 19.5 Å². The fraction of sp³-hybridized carbons (Fsp3) is 0.400. The van der Waals surface area contributed by atoms with Gasteiger partial charge in [-0.1, -0.05) is 31.2 Å². The number of carbonyl (C=O) groups is 2. The summed E-state index contributed by atoms with van der Waals surface area (Å²) < 4.78 is 22.3. The smallest absolute Gasteiger partial charge is 0.337 e. The number of methoxy groups -OCH3 is 3. The minimum atomic E-state index is -0.581. The van der Waals surface area contributed by atoms with Crippen molar-refractivity contribution in [2.45, 2.75) is 58.0 Å². The summed E-state index contributed by atoms with van der Waals surface area (Å²) in [6.07, 6.45) is 1.39. The normalized spacial score (nSPS) is 20.1. The summed E-state index contributed by atoms with van der Waals surface area (Å²) in [4.78, 5) is 27.3. The van der Waals surface area contributed by atoms with E-state index in [0.29, 0.717) is 53.4 Å². The molecular weight excluding hydrogens is 470 g/mol. The molecule has 0 radical (unpaired) electrons. The number of carbonyl (C=O) groups excluding carboxylic acids is 2. The molecule has 7 nitrogen and oxygen atoms in total. The van der Waals surface area contributed by atoms with Crippen LogP contribution in [0.1, 0.15) is 63.0 Å². The molecule has 2 aromatic carbocycles. The first-order valence-corrected chi connectivity index (χ1v) is 12.6. The van der Waals surface area contributed by atoms with Gasteiger partial charge in [-0.2, -0.15) is 0 Å². The first-order valence-electron chi connectivity index (χ1n) is 12.6. The molecule has 0 unspecified atom stereocenters. The largest absolute Gasteiger partial charge is 0.496 e. The number of ketones is 1. The Kier molecular flexibility index (Phi) is 7.91. The maximum atomic E-state index is 13.9. The molecule has 196 valence electrons. The summed E-state index contributed by atoms with van der Waals surface area (Å²) in [5.74, 6) is 0.839. The van der Waals surface area contributed by atoms with Crippen molar-refractivity contribution in [3.63, 3.8) is 0 Å². The maximum Gasteiger partial charge on any atom is 0.337 e. The van der Waals surface area contributed by atoms with Gasteiger partial charge in [0.2, 0.25) is 0 Å². The number of allylic oxidation sites excluding steroid dienone is 3. The van der Waals surface area contributed by atoms with Crippen LogP contribution in [0.15, 0.2) is 65.0 Å². The van der Waals surface area contributed by atoms with Gasteiger partial charge in [0.05, 0.1) is 38.9 Å². The average Bonchev–Trinajstić information content (AvgIpc) is 2.91. The Labute approximate surface area is 218 Å². The van der Waals surface area contributed by atoms with Crippen LogP contribution in [0.2, 0.25) is 0 Å². The molecule has 0 spiro atoms. The molecule has 2 aromatic rings. The zero-order chi connectivity index (χ0) is 26.7. The molecule has 3 atom stereocenters. The highest BCUT2D eigenvalue weighted by molar-refractivity contribution is 6.04. The third-order valence-corrected chi connectivity index (χ3v) is 7.26. The minimum absolute atomic E-state index is 0.00854. The van der Waals surface area contributed by atoms with Crippen molar-refractivity contribution in [3.8, 4) is 17.2 Å². The van der Waals surface area contributed by atoms with Gasteiger partial charge in [0, 0.05) is 29.0 Å². The van der Waals surface area contributed by atoms with E-state index in [9.17, 15) is 9.59 Å². The maximum absolute atomic E-state index is 13.9. The summed E-state index contributed by atoms with van der Waals surface area (Å²) >= 11 is 0. The van der Waals surface area contributed by atoms with E-state index in [2.05, 4.69) is 5.32 Å². The second kappa shape index (κ2) is 11.1. The highest BCUT2D eigenvalue weighted by atomic mass is 16.5. The van der Waals surface area contributed by atoms with E-state index in [1.165, 1.54) is 0 Å². The van der Waals surface area contributed by atoms with Crippen LogP contribution in [-0.4, -0.2) is 39.2 Å². The van der Waals surface area contributed by atoms with Gasteiger partial charge in [-0.25, -0.2) is 4.79 Å². The third kappa shape index (κ3) is 5.08. The summed E-state index contributed by atoms with van der Waals surface area (Å²) in [7, 11) is 4.79. The molecule has 0 saturated heterocycles. The average molecular weight is 506 g/mol. The number of ether oxygens (including phenoxy) is 4. The second-order valence-electron chi connectivity index (χ2n) is 9.50. The lowest BCUT2D eigenvalue weighted by Crippen LogP contribution is -2.36. The van der Waals surface area contributed by atoms with Crippen molar-refractivity contribution < 1.29 is 28.5 Å². The molecular formula is C30H35NO6. The lowest BCUT2D eigenvalue weighted by molar-refractivity contribution is -0.144. The Morgan fingerprint density at radius 2 is 1.70 bits per heavy atom. The lowest BCUT2D eigenvalue weighted by atomic mass is 9.71. The first kappa shape index (κ1) is 26.3. The Balaban J connectivity index is 1.79. The van der Waals surface area contributed by atoms with Gasteiger partial charge in [0.25, 0.3) is 0 Å². The van der Waals surface area contributed by atoms with Gasteiger partial charge in [-0.15, -0.1) is 0 Å². The minimum Gasteiger partial charge on any atom is -0.496 e. The van der Waals surface area contributed by atoms with Crippen molar-refractivity contribution >= 4 is 11.8 Å². The zero-order valence-corrected chi connectivity index (χ0v) is 22.3. The second-order valence-corrected chi connectivity index (χ2v) is 9.50. The van der Waals surface area contributed by atoms with Crippen molar-refractivity contribution in [1.29, 1.82) is 0 Å². The molecule has 0 fully saturated rings. The third-order valence-electron chi connectivity index (χ3n) is 7.26. The summed E-state index contributed by atoms with van der Waals surface area (Å²) in [6.45, 7) is 5.70. The SMILES string of the molecule is CC[C@H](C)OC(=O)C1=C(C)NC2=C(C(=O)C[C@H](c3ccc(OC)c(OC)c3)C2)[C@@H]1c1ccccc1OC. The topological polar surface area (TPSA) is 83.1 Å². The van der Waals surface area contributed by atoms with Crippen LogP contribution in [0.25, 0.3) is 0 Å². The molecule has 0 saturated carbocycles. The summed E-state index contributed by atoms with van der Waals surface area (Å²) in [6, 6.07) is 13.3. The number of dihydropyridines is 1. The fourth-order valence-corrected chi connectivity index (χ4v) is 5.20. The van der Waals surface area contributed by atoms with Crippen molar-refractivity contribution in [3.05, 3.63) is 76.1 Å². The Morgan fingerprint density at radius 3 is 2.38 bits per heavy atom. The van der Waals surface area contributed by atoms with Gasteiger partial charge in [-0.05, 0) is 56.4 Å². The van der Waals surface area contributed by atoms with Crippen LogP contribution in [-0.2, 0) is 14.3 Å². The van der Waals surface area contributed by atoms with Gasteiger partial charge >= 0.3 is 5.97 Å². The summed E-state index contributed by atoms with van der Waals surface area (Å²) in [5.41, 5.74) is 4.32. The lowest BCUT2D eigenvalue weighted by Gasteiger charge is -2.37. The number of hydrogen-bond acceptors (Lipinski definition) is 7. The number of Topliss-reactive ketones (excluding diaryl/α,β-unsaturated/α-hetero) is 1. The van der Waals surface area contributed by atoms with E-state index < -0.39 is 11.9 Å². The molecule has 2 aliphatic rings. The van der Waals surface area contributed by atoms with Crippen LogP contribution in [0.4, 0.5) is 0 Å². The predicted octanol–water partition coefficient (Wildman–Crippen LogP) is 5.42. The van der Waals surface area contributed by atoms with Crippen LogP contribution in [0.5, 0.6) is 17.2 Å². The molecule has 1 N–H and O–H groups in total. The molecule has 1 aliphatic carbocycles. The monoisotopic (exact) mass is 505 g/mol. The van der Waals surface area contributed by atoms with Crippen LogP contribution in [0, 0.1) is 0 Å². The zero-order valence-electron chi connectivity index (χ0n) is 22.3. The Morgan fingerprint density at radius 1 is 1.00 bits per heavy atom. The Bertz CT molecular complexity index is 1260. The molecule has 0 aromatic heterocycles. The van der Waals surface area contributed by atoms with E-state index in [1.54, 1.807) is 21.3 Å². The van der Waals surface area contributed by atoms with Crippen molar-refractivity contribution in [1.82, 2.24) is 5.32 Å². The van der Waals surface area contributed by atoms with Gasteiger partial charge < -0.3 is 24.3 Å².